The molecule has 0 saturated heterocycles. The zero-order valence-corrected chi connectivity index (χ0v) is 21.6. The van der Waals surface area contributed by atoms with Gasteiger partial charge in [-0.2, -0.15) is 0 Å². The molecule has 1 amide bonds. The van der Waals surface area contributed by atoms with Crippen molar-refractivity contribution in [2.75, 3.05) is 32.1 Å². The number of benzene rings is 2. The number of anilines is 1. The number of hydrogen-bond donors (Lipinski definition) is 0. The molecule has 0 fully saturated rings. The van der Waals surface area contributed by atoms with E-state index in [2.05, 4.69) is 18.7 Å². The van der Waals surface area contributed by atoms with Gasteiger partial charge in [0.15, 0.2) is 6.10 Å². The van der Waals surface area contributed by atoms with Gasteiger partial charge in [-0.1, -0.05) is 24.3 Å². The number of esters is 1. The number of amides is 1. The summed E-state index contributed by atoms with van der Waals surface area (Å²) in [7, 11) is 3.65. The van der Waals surface area contributed by atoms with Crippen LogP contribution in [0.3, 0.4) is 0 Å². The largest absolute Gasteiger partial charge is 0.497 e. The minimum Gasteiger partial charge on any atom is -0.497 e. The van der Waals surface area contributed by atoms with Crippen molar-refractivity contribution in [1.29, 1.82) is 0 Å². The topological polar surface area (TPSA) is 59.1 Å². The molecule has 0 bridgehead atoms. The molecule has 6 nitrogen and oxygen atoms in total. The second-order valence-electron chi connectivity index (χ2n) is 7.87. The van der Waals surface area contributed by atoms with Gasteiger partial charge in [0.05, 0.1) is 18.0 Å². The maximum Gasteiger partial charge on any atom is 0.303 e. The van der Waals surface area contributed by atoms with Crippen LogP contribution >= 0.6 is 28.7 Å². The van der Waals surface area contributed by atoms with Crippen LogP contribution in [0.2, 0.25) is 0 Å². The molecule has 0 aliphatic carbocycles. The maximum absolute atomic E-state index is 13.7. The van der Waals surface area contributed by atoms with Gasteiger partial charge in [-0.3, -0.25) is 9.59 Å². The number of carbonyl (C=O) groups is 2. The molecule has 1 heterocycles. The van der Waals surface area contributed by atoms with E-state index in [-0.39, 0.29) is 28.1 Å². The summed E-state index contributed by atoms with van der Waals surface area (Å²) in [6, 6.07) is 15.8. The van der Waals surface area contributed by atoms with Crippen molar-refractivity contribution < 1.29 is 19.1 Å². The summed E-state index contributed by atoms with van der Waals surface area (Å²) in [6.07, 6.45) is -0.923. The van der Waals surface area contributed by atoms with Gasteiger partial charge in [-0.15, -0.1) is 28.7 Å². The fourth-order valence-corrected chi connectivity index (χ4v) is 4.77. The molecule has 0 spiro atoms. The highest BCUT2D eigenvalue weighted by atomic mass is 79.9. The van der Waals surface area contributed by atoms with Crippen molar-refractivity contribution >= 4 is 46.3 Å². The number of fused-ring (bicyclic) bond motifs is 1. The molecule has 32 heavy (non-hydrogen) atoms. The average Bonchev–Trinajstić information content (AvgIpc) is 2.87. The Morgan fingerprint density at radius 3 is 2.41 bits per heavy atom. The van der Waals surface area contributed by atoms with Gasteiger partial charge < -0.3 is 19.3 Å². The van der Waals surface area contributed by atoms with Crippen LogP contribution in [-0.4, -0.2) is 56.2 Å². The molecule has 0 saturated carbocycles. The minimum absolute atomic E-state index is 0. The van der Waals surface area contributed by atoms with Crippen LogP contribution in [0.25, 0.3) is 0 Å². The van der Waals surface area contributed by atoms with Crippen LogP contribution in [0.15, 0.2) is 53.4 Å². The smallest absolute Gasteiger partial charge is 0.303 e. The summed E-state index contributed by atoms with van der Waals surface area (Å²) >= 11 is 1.55. The lowest BCUT2D eigenvalue weighted by Gasteiger charge is -2.30. The molecule has 8 heteroatoms. The van der Waals surface area contributed by atoms with E-state index in [1.807, 2.05) is 55.6 Å². The quantitative estimate of drug-likeness (QED) is 0.490. The third-order valence-corrected chi connectivity index (χ3v) is 6.86. The first-order chi connectivity index (χ1) is 14.8. The number of thioether (sulfide) groups is 1. The number of halogens is 1. The molecule has 2 aromatic carbocycles. The van der Waals surface area contributed by atoms with E-state index < -0.39 is 12.1 Å². The predicted molar refractivity (Wildman–Crippen MR) is 134 cm³/mol. The SMILES string of the molecule is Br.COc1ccc([C@@H]2Sc3ccccc3N(CCN(C)C(C)C)C(=O)[C@@H]2OC(C)=O)cc1. The Morgan fingerprint density at radius 2 is 1.81 bits per heavy atom. The number of rotatable bonds is 7. The van der Waals surface area contributed by atoms with Gasteiger partial charge in [0.1, 0.15) is 5.75 Å². The molecule has 1 aliphatic rings. The fraction of sp³-hybridized carbons (Fsp3) is 0.417. The van der Waals surface area contributed by atoms with Gasteiger partial charge in [0.25, 0.3) is 5.91 Å². The number of ether oxygens (including phenoxy) is 2. The summed E-state index contributed by atoms with van der Waals surface area (Å²) in [5, 5.41) is -0.365. The fourth-order valence-electron chi connectivity index (χ4n) is 3.45. The van der Waals surface area contributed by atoms with E-state index in [0.29, 0.717) is 19.1 Å². The average molecular weight is 523 g/mol. The lowest BCUT2D eigenvalue weighted by Crippen LogP contribution is -2.46. The van der Waals surface area contributed by atoms with Gasteiger partial charge in [-0.25, -0.2) is 0 Å². The number of likely N-dealkylation sites (N-methyl/N-ethyl adjacent to an activating group) is 1. The zero-order chi connectivity index (χ0) is 22.5. The Hall–Kier alpha value is -2.03. The maximum atomic E-state index is 13.7. The molecular weight excluding hydrogens is 492 g/mol. The summed E-state index contributed by atoms with van der Waals surface area (Å²) in [5.74, 6) is 0.0600. The first kappa shape index (κ1) is 26.2. The molecule has 0 N–H and O–H groups in total. The van der Waals surface area contributed by atoms with Crippen LogP contribution in [0.1, 0.15) is 31.6 Å². The lowest BCUT2D eigenvalue weighted by atomic mass is 10.1. The van der Waals surface area contributed by atoms with Crippen LogP contribution in [-0.2, 0) is 14.3 Å². The number of nitrogens with zero attached hydrogens (tertiary/aromatic N) is 2. The molecular formula is C24H31BrN2O4S. The van der Waals surface area contributed by atoms with Crippen molar-refractivity contribution in [1.82, 2.24) is 4.90 Å². The third kappa shape index (κ3) is 6.05. The summed E-state index contributed by atoms with van der Waals surface area (Å²) in [5.41, 5.74) is 1.75. The number of methoxy groups -OCH3 is 1. The second kappa shape index (κ2) is 11.7. The summed E-state index contributed by atoms with van der Waals surface area (Å²) < 4.78 is 10.9. The molecule has 174 valence electrons. The van der Waals surface area contributed by atoms with Crippen LogP contribution in [0.4, 0.5) is 5.69 Å². The Kier molecular flexibility index (Phi) is 9.61. The zero-order valence-electron chi connectivity index (χ0n) is 19.1. The Bertz CT molecular complexity index is 922. The monoisotopic (exact) mass is 522 g/mol. The van der Waals surface area contributed by atoms with Gasteiger partial charge in [-0.05, 0) is 50.7 Å². The van der Waals surface area contributed by atoms with Crippen molar-refractivity contribution in [2.45, 2.75) is 43.1 Å². The number of para-hydroxylation sites is 1. The molecule has 0 unspecified atom stereocenters. The summed E-state index contributed by atoms with van der Waals surface area (Å²) in [4.78, 5) is 30.6. The van der Waals surface area contributed by atoms with E-state index in [4.69, 9.17) is 9.47 Å². The molecule has 0 radical (unpaired) electrons. The van der Waals surface area contributed by atoms with Gasteiger partial charge in [0, 0.05) is 31.0 Å². The van der Waals surface area contributed by atoms with Crippen LogP contribution in [0.5, 0.6) is 5.75 Å². The van der Waals surface area contributed by atoms with Gasteiger partial charge in [0.2, 0.25) is 0 Å². The third-order valence-electron chi connectivity index (χ3n) is 5.49. The molecule has 2 aromatic rings. The van der Waals surface area contributed by atoms with E-state index >= 15 is 0 Å². The number of carbonyl (C=O) groups excluding carboxylic acids is 2. The first-order valence-electron chi connectivity index (χ1n) is 10.4. The molecule has 1 aliphatic heterocycles. The van der Waals surface area contributed by atoms with Crippen LogP contribution < -0.4 is 9.64 Å². The first-order valence-corrected chi connectivity index (χ1v) is 11.3. The summed E-state index contributed by atoms with van der Waals surface area (Å²) in [6.45, 7) is 6.81. The molecule has 0 aromatic heterocycles. The van der Waals surface area contributed by atoms with E-state index in [0.717, 1.165) is 21.9 Å². The van der Waals surface area contributed by atoms with Crippen molar-refractivity contribution in [3.63, 3.8) is 0 Å². The Morgan fingerprint density at radius 1 is 1.16 bits per heavy atom. The van der Waals surface area contributed by atoms with E-state index in [9.17, 15) is 9.59 Å². The van der Waals surface area contributed by atoms with E-state index in [1.54, 1.807) is 23.8 Å². The van der Waals surface area contributed by atoms with Crippen LogP contribution in [0, 0.1) is 0 Å². The van der Waals surface area contributed by atoms with Crippen molar-refractivity contribution in [3.05, 3.63) is 54.1 Å². The molecule has 2 atom stereocenters. The highest BCUT2D eigenvalue weighted by Crippen LogP contribution is 2.46. The predicted octanol–water partition coefficient (Wildman–Crippen LogP) is 4.73. The normalized spacial score (nSPS) is 18.1. The second-order valence-corrected chi connectivity index (χ2v) is 9.06. The van der Waals surface area contributed by atoms with Crippen molar-refractivity contribution in [3.8, 4) is 5.75 Å². The Labute approximate surface area is 205 Å². The van der Waals surface area contributed by atoms with E-state index in [1.165, 1.54) is 6.92 Å². The Balaban J connectivity index is 0.00000363. The highest BCUT2D eigenvalue weighted by Gasteiger charge is 2.40. The minimum atomic E-state index is -0.923. The molecule has 3 rings (SSSR count). The number of hydrogen-bond acceptors (Lipinski definition) is 6. The highest BCUT2D eigenvalue weighted by molar-refractivity contribution is 8.93. The van der Waals surface area contributed by atoms with Crippen molar-refractivity contribution in [2.24, 2.45) is 0 Å². The lowest BCUT2D eigenvalue weighted by molar-refractivity contribution is -0.152. The van der Waals surface area contributed by atoms with Gasteiger partial charge >= 0.3 is 5.97 Å². The standard InChI is InChI=1S/C24H30N2O4S.BrH/c1-16(2)25(4)14-15-26-20-8-6-7-9-21(20)31-23(22(24(26)28)30-17(3)27)18-10-12-19(29-5)13-11-18;/h6-13,16,22-23H,14-15H2,1-5H3;1H/t22-,23+;/m1./s1.